The lowest BCUT2D eigenvalue weighted by Gasteiger charge is -2.29. The Morgan fingerprint density at radius 2 is 0.829 bits per heavy atom. The van der Waals surface area contributed by atoms with Crippen LogP contribution in [0.2, 0.25) is 0 Å². The van der Waals surface area contributed by atoms with Crippen molar-refractivity contribution < 1.29 is 77.0 Å². The van der Waals surface area contributed by atoms with Gasteiger partial charge < -0.3 is 35.1 Å². The van der Waals surface area contributed by atoms with Gasteiger partial charge >= 0.3 is 0 Å². The maximum absolute atomic E-state index is 14.4. The molecule has 1 unspecified atom stereocenters. The van der Waals surface area contributed by atoms with Gasteiger partial charge in [-0.05, 0) is 173 Å². The Bertz CT molecular complexity index is 5180. The number of ether oxygens (including phenoxy) is 3. The minimum Gasteiger partial charge on any atom is -0.493 e. The van der Waals surface area contributed by atoms with E-state index in [0.717, 1.165) is 0 Å². The van der Waals surface area contributed by atoms with E-state index in [2.05, 4.69) is 44.7 Å². The summed E-state index contributed by atoms with van der Waals surface area (Å²) in [5.74, 6) is -1.25. The summed E-state index contributed by atoms with van der Waals surface area (Å²) in [4.78, 5) is 68.7. The van der Waals surface area contributed by atoms with Crippen LogP contribution in [0, 0.1) is 60.4 Å². The van der Waals surface area contributed by atoms with Crippen molar-refractivity contribution >= 4 is 71.1 Å². The van der Waals surface area contributed by atoms with Crippen LogP contribution < -0.4 is 49.2 Å². The molecule has 0 aliphatic heterocycles. The van der Waals surface area contributed by atoms with Crippen molar-refractivity contribution in [3.8, 4) is 51.0 Å². The molecule has 1 atom stereocenters. The molecule has 111 heavy (non-hydrogen) atoms. The third kappa shape index (κ3) is 25.6. The van der Waals surface area contributed by atoms with E-state index in [1.54, 1.807) is 80.4 Å². The van der Waals surface area contributed by atoms with Gasteiger partial charge in [0, 0.05) is 89.0 Å². The van der Waals surface area contributed by atoms with Gasteiger partial charge in [-0.25, -0.2) is 57.2 Å². The topological polar surface area (TPSA) is 339 Å². The highest BCUT2D eigenvalue weighted by atomic mass is 32.2. The number of nitrogens with zero attached hydrogens (tertiary/aromatic N) is 8. The number of nitrogens with one attached hydrogen (secondary N) is 4. The van der Waals surface area contributed by atoms with Gasteiger partial charge in [0.05, 0.1) is 53.6 Å². The quantitative estimate of drug-likeness (QED) is 0.0291. The molecule has 0 radical (unpaired) electrons. The Kier molecular flexibility index (Phi) is 30.1. The number of carbonyl (C=O) groups excluding carboxylic acids is 3. The number of anilines is 4. The van der Waals surface area contributed by atoms with Crippen molar-refractivity contribution in [3.63, 3.8) is 0 Å². The van der Waals surface area contributed by atoms with Crippen LogP contribution in [0.3, 0.4) is 0 Å². The first-order valence-corrected chi connectivity index (χ1v) is 40.4. The molecule has 0 spiro atoms. The van der Waals surface area contributed by atoms with Crippen LogP contribution in [0.1, 0.15) is 149 Å². The van der Waals surface area contributed by atoms with E-state index >= 15 is 0 Å². The molecule has 0 aliphatic carbocycles. The van der Waals surface area contributed by atoms with Gasteiger partial charge in [-0.2, -0.15) is 25.3 Å². The highest BCUT2D eigenvalue weighted by molar-refractivity contribution is 7.90. The van der Waals surface area contributed by atoms with Crippen LogP contribution in [0.5, 0.6) is 17.2 Å². The molecular weight excluding hydrogens is 1490 g/mol. The van der Waals surface area contributed by atoms with Crippen molar-refractivity contribution in [3.05, 3.63) is 191 Å². The highest BCUT2D eigenvalue weighted by Gasteiger charge is 2.30. The van der Waals surface area contributed by atoms with Crippen molar-refractivity contribution in [2.75, 3.05) is 67.4 Å². The summed E-state index contributed by atoms with van der Waals surface area (Å²) >= 11 is 0. The summed E-state index contributed by atoms with van der Waals surface area (Å²) in [6.07, 6.45) is 0. The largest absolute Gasteiger partial charge is 0.493 e. The first-order chi connectivity index (χ1) is 52.0. The molecule has 25 nitrogen and oxygen atoms in total. The third-order valence-corrected chi connectivity index (χ3v) is 19.8. The molecule has 6 aromatic heterocycles. The van der Waals surface area contributed by atoms with E-state index < -0.39 is 65.2 Å². The summed E-state index contributed by atoms with van der Waals surface area (Å²) in [7, 11) is -10.9. The number of hydrogen-bond donors (Lipinski definition) is 5. The zero-order valence-corrected chi connectivity index (χ0v) is 67.8. The van der Waals surface area contributed by atoms with Crippen LogP contribution in [0.4, 0.5) is 36.4 Å². The number of pyridine rings is 6. The molecule has 0 fully saturated rings. The Labute approximate surface area is 659 Å². The number of aromatic nitrogens is 6. The molecule has 0 saturated carbocycles. The number of hydrogen-bond acceptors (Lipinski definition) is 22. The molecule has 0 bridgehead atoms. The van der Waals surface area contributed by atoms with E-state index in [-0.39, 0.29) is 100 Å². The minimum atomic E-state index is -4.29. The molecule has 0 saturated heterocycles. The Hall–Kier alpha value is -10.8. The molecule has 608 valence electrons. The second-order valence-corrected chi connectivity index (χ2v) is 34.0. The highest BCUT2D eigenvalue weighted by Crippen LogP contribution is 2.34. The van der Waals surface area contributed by atoms with Crippen molar-refractivity contribution in [2.24, 2.45) is 29.1 Å². The average Bonchev–Trinajstić information content (AvgIpc) is 0.802. The predicted octanol–water partition coefficient (Wildman–Crippen LogP) is 16.0. The number of nitrogen functional groups attached to an aromatic ring is 1. The Morgan fingerprint density at radius 3 is 1.19 bits per heavy atom. The lowest BCUT2D eigenvalue weighted by atomic mass is 9.96. The maximum atomic E-state index is 14.4. The zero-order valence-electron chi connectivity index (χ0n) is 65.4. The molecular formula is C80H112F3N13O12S3. The Morgan fingerprint density at radius 1 is 0.477 bits per heavy atom. The number of nitrogens with two attached hydrogens (primary N) is 1. The lowest BCUT2D eigenvalue weighted by molar-refractivity contribution is 0.0972. The second kappa shape index (κ2) is 38.2. The zero-order chi connectivity index (χ0) is 82.0. The van der Waals surface area contributed by atoms with E-state index in [0.29, 0.717) is 102 Å². The molecule has 3 amide bonds. The maximum Gasteiger partial charge on any atom is 0.281 e. The number of aryl methyl sites for hydroxylation is 2. The van der Waals surface area contributed by atoms with Gasteiger partial charge in [-0.3, -0.25) is 14.4 Å². The fraction of sp³-hybridized carbons (Fsp3) is 0.362. The van der Waals surface area contributed by atoms with E-state index in [4.69, 9.17) is 19.9 Å². The van der Waals surface area contributed by atoms with Gasteiger partial charge in [-0.15, -0.1) is 0 Å². The summed E-state index contributed by atoms with van der Waals surface area (Å²) < 4.78 is 143. The van der Waals surface area contributed by atoms with Gasteiger partial charge in [0.1, 0.15) is 58.0 Å². The van der Waals surface area contributed by atoms with Crippen LogP contribution in [-0.4, -0.2) is 125 Å². The van der Waals surface area contributed by atoms with Crippen LogP contribution >= 0.6 is 0 Å². The number of amides is 3. The Balaban J connectivity index is 0.00000169. The first-order valence-electron chi connectivity index (χ1n) is 35.9. The first kappa shape index (κ1) is 87.4. The number of carbonyl (C=O) groups is 3. The monoisotopic (exact) mass is 1600 g/mol. The molecule has 3 aromatic carbocycles. The molecule has 9 aromatic rings. The van der Waals surface area contributed by atoms with Crippen molar-refractivity contribution in [1.29, 1.82) is 0 Å². The van der Waals surface area contributed by atoms with E-state index in [1.165, 1.54) is 91.0 Å². The normalized spacial score (nSPS) is 11.9. The lowest BCUT2D eigenvalue weighted by Crippen LogP contribution is -2.35. The molecule has 0 aliphatic rings. The fourth-order valence-electron chi connectivity index (χ4n) is 10.5. The van der Waals surface area contributed by atoms with Gasteiger partial charge in [-0.1, -0.05) is 94.4 Å². The van der Waals surface area contributed by atoms with Crippen molar-refractivity contribution in [2.45, 2.75) is 132 Å². The van der Waals surface area contributed by atoms with E-state index in [1.807, 2.05) is 107 Å². The number of halogens is 3. The van der Waals surface area contributed by atoms with Crippen molar-refractivity contribution in [1.82, 2.24) is 44.1 Å². The molecule has 31 heteroatoms. The molecule has 9 rings (SSSR count). The number of sulfonamides is 3. The van der Waals surface area contributed by atoms with Gasteiger partial charge in [0.2, 0.25) is 0 Å². The standard InChI is InChI=1S/C28H35FN4O4S.C26H32FN5O4S.C26H31FN4O4S.7H2/c1-18(2)16-37-22-14-20(13-21(29)15-22)24-12-11-23(26(31-24)33(7)17-28(4,5)6)27(34)32-38(35,36)25-10-8-9-19(3)30-25;1-15(2)14-36-20-12-18(11-19(27)13-20)22-10-9-21(25(30-22)29-17(5)16(3)4)26(33)32-37(34,35)24-8-6-7-23(28)31-24;1-6-31(7-2)25-22(26(32)30-36(33,34)24-10-8-9-18(5)28-24)11-12-23(29-25)19-13-20(27)15-21(14-19)35-16-17(3)4;;;;;;;/h8-15,18H,16-17H2,1-7H3,(H,32,34);6-13,15-17H,14H2,1-5H3,(H2,28,31)(H,29,30)(H,32,33);8-15,17H,6-7,16H2,1-5H3,(H,30,32);7*1H. The second-order valence-electron chi connectivity index (χ2n) is 29.1. The van der Waals surface area contributed by atoms with Crippen LogP contribution in [0.25, 0.3) is 33.8 Å². The van der Waals surface area contributed by atoms with E-state index in [9.17, 15) is 52.8 Å². The summed E-state index contributed by atoms with van der Waals surface area (Å²) in [6, 6.07) is 35.0. The van der Waals surface area contributed by atoms with Crippen LogP contribution in [-0.2, 0) is 30.1 Å². The summed E-state index contributed by atoms with van der Waals surface area (Å²) in [5, 5.41) is 2.29. The third-order valence-electron chi connectivity index (χ3n) is 16.1. The minimum absolute atomic E-state index is 0. The summed E-state index contributed by atoms with van der Waals surface area (Å²) in [5.41, 5.74) is 9.18. The average molecular weight is 1600 g/mol. The smallest absolute Gasteiger partial charge is 0.281 e. The number of rotatable bonds is 29. The number of benzene rings is 3. The van der Waals surface area contributed by atoms with Gasteiger partial charge in [0.25, 0.3) is 47.8 Å². The fourth-order valence-corrected chi connectivity index (χ4v) is 13.4. The van der Waals surface area contributed by atoms with Gasteiger partial charge in [0.15, 0.2) is 15.1 Å². The summed E-state index contributed by atoms with van der Waals surface area (Å²) in [6.45, 7) is 33.9. The SMILES string of the molecule is CC(C)COc1cc(F)cc(-c2ccc(C(=O)NS(=O)(=O)c3cccc(N)n3)c(NC(C)C(C)C)n2)c1.CCN(CC)c1nc(-c2cc(F)cc(OCC(C)C)c2)ccc1C(=O)NS(=O)(=O)c1cccc(C)n1.Cc1cccc(S(=O)(=O)NC(=O)c2ccc(-c3cc(F)cc(OCC(C)C)c3)nc2N(C)CC(C)(C)C)n1.[HH].[HH].[HH].[HH].[HH].[HH].[HH]. The molecule has 6 heterocycles. The molecule has 6 N–H and O–H groups in total. The predicted molar refractivity (Wildman–Crippen MR) is 439 cm³/mol. The van der Waals surface area contributed by atoms with Crippen LogP contribution in [0.15, 0.2) is 161 Å².